The number of nitrogens with two attached hydrogens (primary N) is 1. The van der Waals surface area contributed by atoms with E-state index in [0.717, 1.165) is 36.1 Å². The van der Waals surface area contributed by atoms with Crippen molar-refractivity contribution in [3.63, 3.8) is 0 Å². The van der Waals surface area contributed by atoms with E-state index in [2.05, 4.69) is 32.9 Å². The average Bonchev–Trinajstić information content (AvgIpc) is 2.76. The number of nitrogens with zero attached hydrogens (tertiary/aromatic N) is 1. The number of rotatable bonds is 2. The van der Waals surface area contributed by atoms with Crippen molar-refractivity contribution >= 4 is 21.4 Å². The first kappa shape index (κ1) is 17.8. The fourth-order valence-corrected chi connectivity index (χ4v) is 4.81. The van der Waals surface area contributed by atoms with E-state index in [1.807, 2.05) is 6.07 Å². The van der Waals surface area contributed by atoms with Crippen LogP contribution >= 0.6 is 0 Å². The average molecular weight is 359 g/mol. The summed E-state index contributed by atoms with van der Waals surface area (Å²) in [5, 5.41) is 0. The monoisotopic (exact) mass is 358 g/mol. The number of benzene rings is 2. The molecule has 0 saturated carbocycles. The number of fused-ring (bicyclic) bond motifs is 1. The van der Waals surface area contributed by atoms with E-state index in [1.54, 1.807) is 22.5 Å². The maximum atomic E-state index is 13.3. The number of sulfonamides is 1. The van der Waals surface area contributed by atoms with Crippen molar-refractivity contribution in [3.05, 3.63) is 53.6 Å². The van der Waals surface area contributed by atoms with Gasteiger partial charge in [0.05, 0.1) is 10.6 Å². The van der Waals surface area contributed by atoms with Crippen molar-refractivity contribution in [2.75, 3.05) is 16.6 Å². The molecule has 3 rings (SSSR count). The molecule has 0 saturated heterocycles. The first-order valence-electron chi connectivity index (χ1n) is 8.71. The van der Waals surface area contributed by atoms with Gasteiger partial charge in [-0.1, -0.05) is 39.0 Å². The van der Waals surface area contributed by atoms with Crippen LogP contribution in [0.2, 0.25) is 0 Å². The Kier molecular flexibility index (Phi) is 4.54. The summed E-state index contributed by atoms with van der Waals surface area (Å²) < 4.78 is 28.1. The van der Waals surface area contributed by atoms with Gasteiger partial charge >= 0.3 is 0 Å². The minimum absolute atomic E-state index is 0.0338. The summed E-state index contributed by atoms with van der Waals surface area (Å²) in [6.45, 7) is 6.92. The van der Waals surface area contributed by atoms with E-state index in [-0.39, 0.29) is 10.3 Å². The van der Waals surface area contributed by atoms with Crippen LogP contribution in [0.5, 0.6) is 0 Å². The van der Waals surface area contributed by atoms with E-state index in [0.29, 0.717) is 12.2 Å². The third-order valence-electron chi connectivity index (χ3n) is 4.72. The van der Waals surface area contributed by atoms with E-state index >= 15 is 0 Å². The molecule has 2 N–H and O–H groups in total. The Balaban J connectivity index is 2.15. The van der Waals surface area contributed by atoms with Crippen molar-refractivity contribution in [3.8, 4) is 0 Å². The first-order chi connectivity index (χ1) is 11.7. The van der Waals surface area contributed by atoms with Crippen LogP contribution in [0.25, 0.3) is 0 Å². The van der Waals surface area contributed by atoms with Crippen molar-refractivity contribution < 1.29 is 8.42 Å². The zero-order chi connectivity index (χ0) is 18.2. The number of nitrogen functional groups attached to an aromatic ring is 1. The number of hydrogen-bond donors (Lipinski definition) is 1. The summed E-state index contributed by atoms with van der Waals surface area (Å²) in [6, 6.07) is 12.8. The highest BCUT2D eigenvalue weighted by molar-refractivity contribution is 7.92. The lowest BCUT2D eigenvalue weighted by molar-refractivity contribution is 0.585. The van der Waals surface area contributed by atoms with E-state index in [4.69, 9.17) is 5.73 Å². The molecule has 0 amide bonds. The molecule has 0 spiro atoms. The molecule has 134 valence electrons. The van der Waals surface area contributed by atoms with Crippen molar-refractivity contribution in [2.45, 2.75) is 50.3 Å². The zero-order valence-electron chi connectivity index (χ0n) is 15.1. The molecule has 2 aromatic rings. The lowest BCUT2D eigenvalue weighted by Gasteiger charge is -2.27. The van der Waals surface area contributed by atoms with Gasteiger partial charge in [0, 0.05) is 12.2 Å². The molecule has 0 atom stereocenters. The summed E-state index contributed by atoms with van der Waals surface area (Å²) in [5.41, 5.74) is 9.28. The molecule has 1 heterocycles. The number of hydrogen-bond acceptors (Lipinski definition) is 3. The molecule has 25 heavy (non-hydrogen) atoms. The lowest BCUT2D eigenvalue weighted by atomic mass is 9.86. The molecule has 5 heteroatoms. The van der Waals surface area contributed by atoms with Crippen molar-refractivity contribution in [1.82, 2.24) is 0 Å². The molecule has 1 aliphatic rings. The SMILES string of the molecule is CC(C)(C)c1ccc2c(c1)N(S(=O)(=O)c1cccc(N)c1)CCCC2. The maximum absolute atomic E-state index is 13.3. The van der Waals surface area contributed by atoms with Crippen molar-refractivity contribution in [2.24, 2.45) is 0 Å². The van der Waals surface area contributed by atoms with Gasteiger partial charge in [0.15, 0.2) is 0 Å². The Morgan fingerprint density at radius 3 is 2.48 bits per heavy atom. The third kappa shape index (κ3) is 3.52. The third-order valence-corrected chi connectivity index (χ3v) is 6.53. The van der Waals surface area contributed by atoms with Gasteiger partial charge < -0.3 is 5.73 Å². The molecule has 0 unspecified atom stereocenters. The highest BCUT2D eigenvalue weighted by Crippen LogP contribution is 2.35. The molecule has 0 fully saturated rings. The summed E-state index contributed by atoms with van der Waals surface area (Å²) in [7, 11) is -3.63. The molecule has 0 aliphatic carbocycles. The minimum Gasteiger partial charge on any atom is -0.399 e. The topological polar surface area (TPSA) is 63.4 Å². The normalized spacial score (nSPS) is 15.6. The van der Waals surface area contributed by atoms with Gasteiger partial charge in [-0.15, -0.1) is 0 Å². The highest BCUT2D eigenvalue weighted by Gasteiger charge is 2.29. The fraction of sp³-hybridized carbons (Fsp3) is 0.400. The van der Waals surface area contributed by atoms with Crippen LogP contribution in [0.3, 0.4) is 0 Å². The largest absolute Gasteiger partial charge is 0.399 e. The van der Waals surface area contributed by atoms with Gasteiger partial charge in [-0.05, 0) is 60.1 Å². The van der Waals surface area contributed by atoms with Gasteiger partial charge in [0.2, 0.25) is 0 Å². The number of aryl methyl sites for hydroxylation is 1. The molecule has 0 bridgehead atoms. The van der Waals surface area contributed by atoms with Crippen LogP contribution in [0.15, 0.2) is 47.4 Å². The molecule has 1 aliphatic heterocycles. The molecule has 0 radical (unpaired) electrons. The summed E-state index contributed by atoms with van der Waals surface area (Å²) in [5.74, 6) is 0. The second-order valence-electron chi connectivity index (χ2n) is 7.70. The summed E-state index contributed by atoms with van der Waals surface area (Å²) >= 11 is 0. The standard InChI is InChI=1S/C20H26N2O2S/c1-20(2,3)16-11-10-15-7-4-5-12-22(19(15)13-16)25(23,24)18-9-6-8-17(21)14-18/h6,8-11,13-14H,4-5,7,12,21H2,1-3H3. The second-order valence-corrected chi connectivity index (χ2v) is 9.56. The van der Waals surface area contributed by atoms with E-state index < -0.39 is 10.0 Å². The highest BCUT2D eigenvalue weighted by atomic mass is 32.2. The summed E-state index contributed by atoms with van der Waals surface area (Å²) in [6.07, 6.45) is 2.74. The quantitative estimate of drug-likeness (QED) is 0.822. The second kappa shape index (κ2) is 6.37. The van der Waals surface area contributed by atoms with Crippen LogP contribution in [-0.4, -0.2) is 15.0 Å². The van der Waals surface area contributed by atoms with Crippen LogP contribution in [-0.2, 0) is 21.9 Å². The van der Waals surface area contributed by atoms with Gasteiger partial charge in [-0.2, -0.15) is 0 Å². The van der Waals surface area contributed by atoms with E-state index in [9.17, 15) is 8.42 Å². The van der Waals surface area contributed by atoms with Gasteiger partial charge in [-0.25, -0.2) is 8.42 Å². The van der Waals surface area contributed by atoms with Gasteiger partial charge in [0.1, 0.15) is 0 Å². The summed E-state index contributed by atoms with van der Waals surface area (Å²) in [4.78, 5) is 0.251. The predicted octanol–water partition coefficient (Wildman–Crippen LogP) is 4.10. The lowest BCUT2D eigenvalue weighted by Crippen LogP contribution is -2.32. The minimum atomic E-state index is -3.63. The van der Waals surface area contributed by atoms with E-state index in [1.165, 1.54) is 6.07 Å². The zero-order valence-corrected chi connectivity index (χ0v) is 15.9. The van der Waals surface area contributed by atoms with Crippen LogP contribution in [0.4, 0.5) is 11.4 Å². The molecular weight excluding hydrogens is 332 g/mol. The molecule has 2 aromatic carbocycles. The maximum Gasteiger partial charge on any atom is 0.264 e. The van der Waals surface area contributed by atoms with Crippen LogP contribution in [0, 0.1) is 0 Å². The van der Waals surface area contributed by atoms with Gasteiger partial charge in [-0.3, -0.25) is 4.31 Å². The Hall–Kier alpha value is -2.01. The Morgan fingerprint density at radius 2 is 1.80 bits per heavy atom. The fourth-order valence-electron chi connectivity index (χ4n) is 3.22. The van der Waals surface area contributed by atoms with Crippen LogP contribution in [0.1, 0.15) is 44.7 Å². The predicted molar refractivity (Wildman–Crippen MR) is 103 cm³/mol. The van der Waals surface area contributed by atoms with Gasteiger partial charge in [0.25, 0.3) is 10.0 Å². The molecule has 4 nitrogen and oxygen atoms in total. The van der Waals surface area contributed by atoms with Crippen LogP contribution < -0.4 is 10.0 Å². The molecule has 0 aromatic heterocycles. The van der Waals surface area contributed by atoms with Crippen molar-refractivity contribution in [1.29, 1.82) is 0 Å². The Bertz CT molecular complexity index is 883. The molecular formula is C20H26N2O2S. The smallest absolute Gasteiger partial charge is 0.264 e. The Morgan fingerprint density at radius 1 is 1.04 bits per heavy atom. The first-order valence-corrected chi connectivity index (χ1v) is 10.2. The number of anilines is 2. The Labute approximate surface area is 150 Å².